The predicted octanol–water partition coefficient (Wildman–Crippen LogP) is 3.06. The second-order valence-electron chi connectivity index (χ2n) is 5.43. The van der Waals surface area contributed by atoms with Gasteiger partial charge in [0.1, 0.15) is 0 Å². The molecule has 2 heterocycles. The molecule has 0 amide bonds. The van der Waals surface area contributed by atoms with Crippen molar-refractivity contribution in [2.45, 2.75) is 26.3 Å². The highest BCUT2D eigenvalue weighted by Crippen LogP contribution is 2.15. The second-order valence-corrected chi connectivity index (χ2v) is 7.29. The molecule has 2 aromatic heterocycles. The van der Waals surface area contributed by atoms with Gasteiger partial charge in [-0.2, -0.15) is 0 Å². The van der Waals surface area contributed by atoms with Crippen molar-refractivity contribution < 1.29 is 0 Å². The number of aryl methyl sites for hydroxylation is 2. The number of aromatic nitrogens is 2. The lowest BCUT2D eigenvalue weighted by Crippen LogP contribution is -2.39. The summed E-state index contributed by atoms with van der Waals surface area (Å²) < 4.78 is 3.22. The number of halogens is 1. The Morgan fingerprint density at radius 1 is 1.52 bits per heavy atom. The van der Waals surface area contributed by atoms with E-state index in [4.69, 9.17) is 0 Å². The van der Waals surface area contributed by atoms with E-state index < -0.39 is 0 Å². The largest absolute Gasteiger partial charge is 0.356 e. The van der Waals surface area contributed by atoms with Gasteiger partial charge in [-0.15, -0.1) is 11.3 Å². The summed E-state index contributed by atoms with van der Waals surface area (Å²) in [5, 5.41) is 6.76. The summed E-state index contributed by atoms with van der Waals surface area (Å²) in [5.74, 6) is 0.897. The molecule has 0 fully saturated rings. The van der Waals surface area contributed by atoms with Crippen molar-refractivity contribution in [2.24, 2.45) is 12.0 Å². The molecule has 0 aliphatic heterocycles. The highest BCUT2D eigenvalue weighted by molar-refractivity contribution is 9.10. The van der Waals surface area contributed by atoms with Gasteiger partial charge in [0.25, 0.3) is 0 Å². The molecule has 2 aromatic rings. The highest BCUT2D eigenvalue weighted by atomic mass is 79.9. The van der Waals surface area contributed by atoms with Gasteiger partial charge in [0.15, 0.2) is 5.96 Å². The predicted molar refractivity (Wildman–Crippen MR) is 101 cm³/mol. The number of thiazole rings is 1. The average Bonchev–Trinajstić information content (AvgIpc) is 3.10. The third-order valence-corrected chi connectivity index (χ3v) is 5.09. The summed E-state index contributed by atoms with van der Waals surface area (Å²) >= 11 is 5.25. The summed E-state index contributed by atoms with van der Waals surface area (Å²) in [6, 6.07) is 2.13. The zero-order valence-corrected chi connectivity index (χ0v) is 16.5. The van der Waals surface area contributed by atoms with E-state index in [2.05, 4.69) is 72.3 Å². The summed E-state index contributed by atoms with van der Waals surface area (Å²) in [4.78, 5) is 11.1. The van der Waals surface area contributed by atoms with E-state index in [1.54, 1.807) is 11.3 Å². The zero-order valence-electron chi connectivity index (χ0n) is 14.1. The molecule has 23 heavy (non-hydrogen) atoms. The fourth-order valence-electron chi connectivity index (χ4n) is 2.35. The molecule has 126 valence electrons. The van der Waals surface area contributed by atoms with Crippen LogP contribution in [0.15, 0.2) is 27.1 Å². The van der Waals surface area contributed by atoms with Crippen LogP contribution < -0.4 is 5.32 Å². The summed E-state index contributed by atoms with van der Waals surface area (Å²) in [6.45, 7) is 3.78. The number of hydrogen-bond donors (Lipinski definition) is 1. The topological polar surface area (TPSA) is 45.5 Å². The van der Waals surface area contributed by atoms with Gasteiger partial charge in [-0.3, -0.25) is 4.99 Å². The van der Waals surface area contributed by atoms with E-state index in [-0.39, 0.29) is 0 Å². The van der Waals surface area contributed by atoms with Gasteiger partial charge < -0.3 is 14.8 Å². The van der Waals surface area contributed by atoms with Gasteiger partial charge >= 0.3 is 0 Å². The molecule has 2 rings (SSSR count). The van der Waals surface area contributed by atoms with Gasteiger partial charge in [0.05, 0.1) is 17.2 Å². The van der Waals surface area contributed by atoms with Crippen LogP contribution in [0.3, 0.4) is 0 Å². The van der Waals surface area contributed by atoms with E-state index in [1.165, 1.54) is 10.7 Å². The maximum atomic E-state index is 4.59. The first-order chi connectivity index (χ1) is 11.0. The van der Waals surface area contributed by atoms with Crippen LogP contribution in [-0.2, 0) is 26.4 Å². The van der Waals surface area contributed by atoms with Crippen molar-refractivity contribution in [3.05, 3.63) is 38.5 Å². The van der Waals surface area contributed by atoms with E-state index in [1.807, 2.05) is 14.1 Å². The molecule has 0 saturated heterocycles. The summed E-state index contributed by atoms with van der Waals surface area (Å²) in [5.41, 5.74) is 2.39. The van der Waals surface area contributed by atoms with Crippen LogP contribution in [0.25, 0.3) is 0 Å². The molecule has 0 aromatic carbocycles. The van der Waals surface area contributed by atoms with E-state index >= 15 is 0 Å². The first-order valence-corrected chi connectivity index (χ1v) is 9.36. The SMILES string of the molecule is CCc1nc(CCNC(=NC)N(C)Cc2cc(Br)cn2C)cs1. The number of aliphatic imine (C=N–C) groups is 1. The molecule has 0 aliphatic carbocycles. The number of rotatable bonds is 6. The van der Waals surface area contributed by atoms with Crippen molar-refractivity contribution >= 4 is 33.2 Å². The van der Waals surface area contributed by atoms with Crippen LogP contribution in [-0.4, -0.2) is 41.1 Å². The van der Waals surface area contributed by atoms with Crippen molar-refractivity contribution in [1.29, 1.82) is 0 Å². The zero-order chi connectivity index (χ0) is 16.8. The van der Waals surface area contributed by atoms with Crippen molar-refractivity contribution in [3.63, 3.8) is 0 Å². The Morgan fingerprint density at radius 2 is 2.30 bits per heavy atom. The van der Waals surface area contributed by atoms with E-state index in [0.717, 1.165) is 42.1 Å². The molecule has 7 heteroatoms. The third-order valence-electron chi connectivity index (χ3n) is 3.61. The average molecular weight is 398 g/mol. The maximum absolute atomic E-state index is 4.59. The Labute approximate surface area is 150 Å². The second kappa shape index (κ2) is 8.49. The van der Waals surface area contributed by atoms with Gasteiger partial charge in [-0.25, -0.2) is 4.98 Å². The first-order valence-electron chi connectivity index (χ1n) is 7.69. The quantitative estimate of drug-likeness (QED) is 0.601. The van der Waals surface area contributed by atoms with Gasteiger partial charge in [-0.1, -0.05) is 6.92 Å². The first kappa shape index (κ1) is 18.0. The molecule has 0 saturated carbocycles. The highest BCUT2D eigenvalue weighted by Gasteiger charge is 2.09. The van der Waals surface area contributed by atoms with Crippen molar-refractivity contribution in [3.8, 4) is 0 Å². The fourth-order valence-corrected chi connectivity index (χ4v) is 3.71. The summed E-state index contributed by atoms with van der Waals surface area (Å²) in [7, 11) is 5.92. The lowest BCUT2D eigenvalue weighted by molar-refractivity contribution is 0.462. The molecule has 0 radical (unpaired) electrons. The monoisotopic (exact) mass is 397 g/mol. The molecule has 0 atom stereocenters. The number of guanidine groups is 1. The van der Waals surface area contributed by atoms with E-state index in [0.29, 0.717) is 0 Å². The Kier molecular flexibility index (Phi) is 6.65. The molecular weight excluding hydrogens is 374 g/mol. The van der Waals surface area contributed by atoms with E-state index in [9.17, 15) is 0 Å². The Morgan fingerprint density at radius 3 is 2.87 bits per heavy atom. The number of hydrogen-bond acceptors (Lipinski definition) is 3. The van der Waals surface area contributed by atoms with Gasteiger partial charge in [0.2, 0.25) is 0 Å². The van der Waals surface area contributed by atoms with Crippen LogP contribution in [0.4, 0.5) is 0 Å². The van der Waals surface area contributed by atoms with Crippen LogP contribution in [0.1, 0.15) is 23.3 Å². The minimum Gasteiger partial charge on any atom is -0.356 e. The lowest BCUT2D eigenvalue weighted by atomic mass is 10.3. The Balaban J connectivity index is 1.85. The van der Waals surface area contributed by atoms with Crippen molar-refractivity contribution in [2.75, 3.05) is 20.6 Å². The smallest absolute Gasteiger partial charge is 0.193 e. The molecule has 1 N–H and O–H groups in total. The normalized spacial score (nSPS) is 11.8. The van der Waals surface area contributed by atoms with Crippen molar-refractivity contribution in [1.82, 2.24) is 19.8 Å². The molecule has 5 nitrogen and oxygen atoms in total. The standard InChI is InChI=1S/C16H24BrN5S/c1-5-15-20-13(11-23-15)6-7-19-16(18-2)22(4)10-14-8-12(17)9-21(14)3/h8-9,11H,5-7,10H2,1-4H3,(H,18,19). The Bertz CT molecular complexity index is 661. The van der Waals surface area contributed by atoms with Gasteiger partial charge in [-0.05, 0) is 28.4 Å². The molecular formula is C16H24BrN5S. The van der Waals surface area contributed by atoms with Crippen LogP contribution in [0.5, 0.6) is 0 Å². The summed E-state index contributed by atoms with van der Waals surface area (Å²) in [6.07, 6.45) is 3.99. The van der Waals surface area contributed by atoms with Gasteiger partial charge in [0, 0.05) is 55.9 Å². The third kappa shape index (κ3) is 5.07. The fraction of sp³-hybridized carbons (Fsp3) is 0.500. The Hall–Kier alpha value is -1.34. The van der Waals surface area contributed by atoms with Crippen LogP contribution in [0, 0.1) is 0 Å². The van der Waals surface area contributed by atoms with Crippen LogP contribution >= 0.6 is 27.3 Å². The molecule has 0 aliphatic rings. The number of nitrogens with zero attached hydrogens (tertiary/aromatic N) is 4. The minimum atomic E-state index is 0.804. The van der Waals surface area contributed by atoms with Crippen LogP contribution in [0.2, 0.25) is 0 Å². The molecule has 0 bridgehead atoms. The molecule has 0 unspecified atom stereocenters. The minimum absolute atomic E-state index is 0.804. The molecule has 0 spiro atoms. The lowest BCUT2D eigenvalue weighted by Gasteiger charge is -2.22. The number of nitrogens with one attached hydrogen (secondary N) is 1. The maximum Gasteiger partial charge on any atom is 0.193 e.